The molecular formula is C10H11BrN2O3. The fourth-order valence-electron chi connectivity index (χ4n) is 1.04. The summed E-state index contributed by atoms with van der Waals surface area (Å²) >= 11 is 3.21. The van der Waals surface area contributed by atoms with Gasteiger partial charge in [-0.25, -0.2) is 4.98 Å². The number of carboxylic acid groups (broad SMARTS) is 1. The van der Waals surface area contributed by atoms with Gasteiger partial charge in [0.2, 0.25) is 0 Å². The van der Waals surface area contributed by atoms with Gasteiger partial charge in [-0.1, -0.05) is 0 Å². The number of carboxylic acids is 1. The normalized spacial score (nSPS) is 9.81. The Hall–Kier alpha value is -1.43. The minimum Gasteiger partial charge on any atom is -0.481 e. The zero-order valence-electron chi connectivity index (χ0n) is 8.44. The van der Waals surface area contributed by atoms with Gasteiger partial charge in [0.1, 0.15) is 5.69 Å². The summed E-state index contributed by atoms with van der Waals surface area (Å²) in [4.78, 5) is 25.6. The van der Waals surface area contributed by atoms with Gasteiger partial charge in [-0.2, -0.15) is 0 Å². The molecule has 1 heterocycles. The molecule has 0 aliphatic rings. The molecule has 0 atom stereocenters. The summed E-state index contributed by atoms with van der Waals surface area (Å²) < 4.78 is 0.801. The van der Waals surface area contributed by atoms with E-state index in [9.17, 15) is 9.59 Å². The van der Waals surface area contributed by atoms with Gasteiger partial charge in [0.25, 0.3) is 5.91 Å². The van der Waals surface area contributed by atoms with Gasteiger partial charge in [-0.05, 0) is 34.5 Å². The molecule has 0 unspecified atom stereocenters. The highest BCUT2D eigenvalue weighted by atomic mass is 79.9. The van der Waals surface area contributed by atoms with Crippen LogP contribution in [0.4, 0.5) is 0 Å². The number of carbonyl (C=O) groups is 2. The molecule has 1 amide bonds. The van der Waals surface area contributed by atoms with Crippen LogP contribution in [0.15, 0.2) is 22.8 Å². The molecule has 0 saturated carbocycles. The van der Waals surface area contributed by atoms with E-state index in [0.717, 1.165) is 4.47 Å². The predicted octanol–water partition coefficient (Wildman–Crippen LogP) is 1.44. The Balaban J connectivity index is 2.35. The fourth-order valence-corrected chi connectivity index (χ4v) is 1.28. The van der Waals surface area contributed by atoms with Crippen LogP contribution in [-0.4, -0.2) is 28.5 Å². The number of rotatable bonds is 5. The van der Waals surface area contributed by atoms with Crippen LogP contribution in [0.2, 0.25) is 0 Å². The van der Waals surface area contributed by atoms with Crippen LogP contribution >= 0.6 is 15.9 Å². The summed E-state index contributed by atoms with van der Waals surface area (Å²) in [6.45, 7) is 0.336. The first-order valence-electron chi connectivity index (χ1n) is 4.71. The van der Waals surface area contributed by atoms with E-state index in [0.29, 0.717) is 18.7 Å². The van der Waals surface area contributed by atoms with Crippen LogP contribution in [0.1, 0.15) is 23.3 Å². The van der Waals surface area contributed by atoms with Crippen molar-refractivity contribution in [1.82, 2.24) is 10.3 Å². The maximum absolute atomic E-state index is 11.5. The monoisotopic (exact) mass is 286 g/mol. The molecule has 0 saturated heterocycles. The number of nitrogens with one attached hydrogen (secondary N) is 1. The van der Waals surface area contributed by atoms with E-state index in [1.807, 2.05) is 0 Å². The maximum Gasteiger partial charge on any atom is 0.303 e. The number of carbonyl (C=O) groups excluding carboxylic acids is 1. The van der Waals surface area contributed by atoms with Crippen molar-refractivity contribution in [2.45, 2.75) is 12.8 Å². The van der Waals surface area contributed by atoms with Crippen LogP contribution in [-0.2, 0) is 4.79 Å². The van der Waals surface area contributed by atoms with E-state index in [1.54, 1.807) is 12.1 Å². The lowest BCUT2D eigenvalue weighted by Crippen LogP contribution is -2.25. The van der Waals surface area contributed by atoms with Crippen molar-refractivity contribution in [2.24, 2.45) is 0 Å². The first kappa shape index (κ1) is 12.6. The Morgan fingerprint density at radius 2 is 2.19 bits per heavy atom. The number of nitrogens with zero attached hydrogens (tertiary/aromatic N) is 1. The highest BCUT2D eigenvalue weighted by molar-refractivity contribution is 9.10. The van der Waals surface area contributed by atoms with E-state index < -0.39 is 5.97 Å². The minimum absolute atomic E-state index is 0.0496. The Labute approximate surface area is 101 Å². The van der Waals surface area contributed by atoms with Crippen molar-refractivity contribution in [1.29, 1.82) is 0 Å². The van der Waals surface area contributed by atoms with E-state index in [4.69, 9.17) is 5.11 Å². The fraction of sp³-hybridized carbons (Fsp3) is 0.300. The van der Waals surface area contributed by atoms with E-state index in [-0.39, 0.29) is 12.3 Å². The van der Waals surface area contributed by atoms with Crippen molar-refractivity contribution in [3.63, 3.8) is 0 Å². The van der Waals surface area contributed by atoms with Gasteiger partial charge in [0.05, 0.1) is 0 Å². The first-order chi connectivity index (χ1) is 7.59. The lowest BCUT2D eigenvalue weighted by Gasteiger charge is -2.03. The highest BCUT2D eigenvalue weighted by Gasteiger charge is 2.06. The summed E-state index contributed by atoms with van der Waals surface area (Å²) in [5, 5.41) is 11.0. The SMILES string of the molecule is O=C(O)CCCNC(=O)c1ccc(Br)cn1. The van der Waals surface area contributed by atoms with Gasteiger partial charge >= 0.3 is 5.97 Å². The molecule has 1 rings (SSSR count). The molecular weight excluding hydrogens is 276 g/mol. The third kappa shape index (κ3) is 4.39. The molecule has 2 N–H and O–H groups in total. The zero-order valence-corrected chi connectivity index (χ0v) is 10.0. The summed E-state index contributed by atoms with van der Waals surface area (Å²) in [7, 11) is 0. The molecule has 0 spiro atoms. The van der Waals surface area contributed by atoms with E-state index >= 15 is 0 Å². The third-order valence-electron chi connectivity index (χ3n) is 1.81. The topological polar surface area (TPSA) is 79.3 Å². The minimum atomic E-state index is -0.865. The number of aliphatic carboxylic acids is 1. The van der Waals surface area contributed by atoms with Gasteiger partial charge in [0.15, 0.2) is 0 Å². The molecule has 86 valence electrons. The third-order valence-corrected chi connectivity index (χ3v) is 2.28. The standard InChI is InChI=1S/C10H11BrN2O3/c11-7-3-4-8(13-6-7)10(16)12-5-1-2-9(14)15/h3-4,6H,1-2,5H2,(H,12,16)(H,14,15). The van der Waals surface area contributed by atoms with Gasteiger partial charge in [-0.15, -0.1) is 0 Å². The van der Waals surface area contributed by atoms with Crippen LogP contribution in [0, 0.1) is 0 Å². The second kappa shape index (κ2) is 6.22. The molecule has 6 heteroatoms. The van der Waals surface area contributed by atoms with Gasteiger partial charge in [-0.3, -0.25) is 9.59 Å². The second-order valence-corrected chi connectivity index (χ2v) is 4.03. The lowest BCUT2D eigenvalue weighted by molar-refractivity contribution is -0.137. The van der Waals surface area contributed by atoms with Crippen LogP contribution < -0.4 is 5.32 Å². The largest absolute Gasteiger partial charge is 0.481 e. The number of amides is 1. The quantitative estimate of drug-likeness (QED) is 0.803. The Bertz CT molecular complexity index is 378. The van der Waals surface area contributed by atoms with Crippen LogP contribution in [0.25, 0.3) is 0 Å². The van der Waals surface area contributed by atoms with Crippen molar-refractivity contribution in [3.05, 3.63) is 28.5 Å². The number of hydrogen-bond donors (Lipinski definition) is 2. The van der Waals surface area contributed by atoms with Gasteiger partial charge < -0.3 is 10.4 Å². The molecule has 0 fully saturated rings. The summed E-state index contributed by atoms with van der Waals surface area (Å²) in [6.07, 6.45) is 2.00. The maximum atomic E-state index is 11.5. The van der Waals surface area contributed by atoms with Crippen molar-refractivity contribution < 1.29 is 14.7 Å². The number of hydrogen-bond acceptors (Lipinski definition) is 3. The first-order valence-corrected chi connectivity index (χ1v) is 5.50. The predicted molar refractivity (Wildman–Crippen MR) is 61.1 cm³/mol. The molecule has 0 bridgehead atoms. The average molecular weight is 287 g/mol. The smallest absolute Gasteiger partial charge is 0.303 e. The number of aromatic nitrogens is 1. The summed E-state index contributed by atoms with van der Waals surface area (Å²) in [6, 6.07) is 3.32. The lowest BCUT2D eigenvalue weighted by atomic mass is 10.3. The molecule has 0 radical (unpaired) electrons. The molecule has 1 aromatic heterocycles. The van der Waals surface area contributed by atoms with E-state index in [1.165, 1.54) is 6.20 Å². The number of halogens is 1. The average Bonchev–Trinajstić information content (AvgIpc) is 2.25. The molecule has 0 aromatic carbocycles. The summed E-state index contributed by atoms with van der Waals surface area (Å²) in [5.74, 6) is -1.16. The second-order valence-electron chi connectivity index (χ2n) is 3.11. The van der Waals surface area contributed by atoms with E-state index in [2.05, 4.69) is 26.2 Å². The Morgan fingerprint density at radius 3 is 2.75 bits per heavy atom. The molecule has 1 aromatic rings. The van der Waals surface area contributed by atoms with Crippen LogP contribution in [0.5, 0.6) is 0 Å². The molecule has 16 heavy (non-hydrogen) atoms. The summed E-state index contributed by atoms with van der Waals surface area (Å²) in [5.41, 5.74) is 0.318. The molecule has 0 aliphatic carbocycles. The van der Waals surface area contributed by atoms with Crippen molar-refractivity contribution in [3.8, 4) is 0 Å². The Kier molecular flexibility index (Phi) is 4.91. The molecule has 0 aliphatic heterocycles. The van der Waals surface area contributed by atoms with Gasteiger partial charge in [0, 0.05) is 23.6 Å². The Morgan fingerprint density at radius 1 is 1.44 bits per heavy atom. The molecule has 5 nitrogen and oxygen atoms in total. The van der Waals surface area contributed by atoms with Crippen molar-refractivity contribution >= 4 is 27.8 Å². The van der Waals surface area contributed by atoms with Crippen LogP contribution in [0.3, 0.4) is 0 Å². The highest BCUT2D eigenvalue weighted by Crippen LogP contribution is 2.07. The number of pyridine rings is 1. The van der Waals surface area contributed by atoms with Crippen molar-refractivity contribution in [2.75, 3.05) is 6.54 Å². The zero-order chi connectivity index (χ0) is 12.0.